The van der Waals surface area contributed by atoms with Gasteiger partial charge in [0.05, 0.1) is 36.7 Å². The summed E-state index contributed by atoms with van der Waals surface area (Å²) in [5.74, 6) is -0.442. The molecule has 1 heterocycles. The van der Waals surface area contributed by atoms with E-state index in [1.165, 1.54) is 17.8 Å². The average molecular weight is 596 g/mol. The smallest absolute Gasteiger partial charge is 0.189 e. The van der Waals surface area contributed by atoms with Crippen LogP contribution in [0.3, 0.4) is 0 Å². The van der Waals surface area contributed by atoms with Crippen molar-refractivity contribution >= 4 is 23.3 Å². The van der Waals surface area contributed by atoms with Crippen molar-refractivity contribution in [1.82, 2.24) is 9.97 Å². The molecule has 13 heteroatoms. The molecule has 0 aliphatic heterocycles. The highest BCUT2D eigenvalue weighted by molar-refractivity contribution is 7.99. The van der Waals surface area contributed by atoms with E-state index in [0.717, 1.165) is 18.2 Å². The minimum Gasteiger partial charge on any atom is -0.394 e. The minimum absolute atomic E-state index is 0.00850. The van der Waals surface area contributed by atoms with E-state index in [-0.39, 0.29) is 38.0 Å². The predicted octanol–water partition coefficient (Wildman–Crippen LogP) is 4.02. The van der Waals surface area contributed by atoms with Crippen molar-refractivity contribution < 1.29 is 33.9 Å². The molecule has 0 spiro atoms. The molecule has 0 amide bonds. The van der Waals surface area contributed by atoms with Gasteiger partial charge in [-0.2, -0.15) is 5.11 Å². The number of benzene rings is 1. The Bertz CT molecular complexity index is 1230. The van der Waals surface area contributed by atoms with Gasteiger partial charge in [-0.25, -0.2) is 18.7 Å². The molecule has 0 radical (unpaired) electrons. The van der Waals surface area contributed by atoms with Crippen LogP contribution >= 0.6 is 11.8 Å². The van der Waals surface area contributed by atoms with E-state index in [0.29, 0.717) is 40.8 Å². The Morgan fingerprint density at radius 1 is 1.22 bits per heavy atom. The highest BCUT2D eigenvalue weighted by atomic mass is 32.2. The van der Waals surface area contributed by atoms with Crippen molar-refractivity contribution in [3.05, 3.63) is 41.1 Å². The molecule has 41 heavy (non-hydrogen) atoms. The van der Waals surface area contributed by atoms with E-state index < -0.39 is 41.6 Å². The summed E-state index contributed by atoms with van der Waals surface area (Å²) in [6.45, 7) is 5.43. The van der Waals surface area contributed by atoms with Crippen LogP contribution in [0.5, 0.6) is 0 Å². The largest absolute Gasteiger partial charge is 0.394 e. The lowest BCUT2D eigenvalue weighted by Crippen LogP contribution is -2.45. The van der Waals surface area contributed by atoms with Crippen molar-refractivity contribution in [2.24, 2.45) is 10.2 Å². The standard InChI is InChI=1S/C28H39F2N5O5S/c1-4-10-41-27-31-15(3)23(26(33-27)32-21-12-18(21)16-6-7-19(29)20(30)11-16)35-34-17(5-2)13-28(39)14-22(37)24(25(28)38)40-9-8-36/h6-7,11,17-18,21-22,24-25,36-39H,4-5,8-10,12-14H2,1-3H3,(H,31,32,33). The van der Waals surface area contributed by atoms with Gasteiger partial charge in [0.15, 0.2) is 22.6 Å². The first kappa shape index (κ1) is 31.6. The van der Waals surface area contributed by atoms with Crippen LogP contribution in [0.1, 0.15) is 63.1 Å². The van der Waals surface area contributed by atoms with Crippen molar-refractivity contribution in [2.45, 2.75) is 99.9 Å². The number of nitrogens with one attached hydrogen (secondary N) is 1. The first-order valence-corrected chi connectivity index (χ1v) is 15.0. The zero-order valence-electron chi connectivity index (χ0n) is 23.5. The van der Waals surface area contributed by atoms with Gasteiger partial charge in [-0.15, -0.1) is 5.11 Å². The summed E-state index contributed by atoms with van der Waals surface area (Å²) in [4.78, 5) is 9.27. The number of thioether (sulfide) groups is 1. The SMILES string of the molecule is CCCSc1nc(C)c(N=NC(CC)CC2(O)CC(O)C(OCCO)C2O)c(NC2CC2c2ccc(F)c(F)c2)n1. The van der Waals surface area contributed by atoms with Gasteiger partial charge in [0.2, 0.25) is 0 Å². The van der Waals surface area contributed by atoms with Crippen molar-refractivity contribution in [2.75, 3.05) is 24.3 Å². The number of nitrogens with zero attached hydrogens (tertiary/aromatic N) is 4. The van der Waals surface area contributed by atoms with Crippen LogP contribution in [0.4, 0.5) is 20.3 Å². The van der Waals surface area contributed by atoms with E-state index >= 15 is 0 Å². The molecule has 2 aliphatic rings. The summed E-state index contributed by atoms with van der Waals surface area (Å²) in [5, 5.41) is 54.2. The van der Waals surface area contributed by atoms with Gasteiger partial charge in [-0.05, 0) is 43.9 Å². The van der Waals surface area contributed by atoms with E-state index in [1.54, 1.807) is 6.07 Å². The summed E-state index contributed by atoms with van der Waals surface area (Å²) in [7, 11) is 0. The maximum Gasteiger partial charge on any atom is 0.189 e. The van der Waals surface area contributed by atoms with Gasteiger partial charge < -0.3 is 30.5 Å². The number of hydrogen-bond acceptors (Lipinski definition) is 11. The maximum absolute atomic E-state index is 13.8. The lowest BCUT2D eigenvalue weighted by Gasteiger charge is -2.30. The molecule has 2 fully saturated rings. The monoisotopic (exact) mass is 595 g/mol. The summed E-state index contributed by atoms with van der Waals surface area (Å²) < 4.78 is 32.6. The fourth-order valence-electron chi connectivity index (χ4n) is 5.19. The molecule has 1 aromatic carbocycles. The number of ether oxygens (including phenoxy) is 1. The second kappa shape index (κ2) is 13.8. The summed E-state index contributed by atoms with van der Waals surface area (Å²) >= 11 is 1.52. The van der Waals surface area contributed by atoms with Crippen LogP contribution in [-0.2, 0) is 4.74 Å². The van der Waals surface area contributed by atoms with Crippen LogP contribution in [0.15, 0.2) is 33.6 Å². The molecule has 2 aliphatic carbocycles. The van der Waals surface area contributed by atoms with Gasteiger partial charge in [-0.3, -0.25) is 0 Å². The first-order valence-electron chi connectivity index (χ1n) is 14.0. The topological polar surface area (TPSA) is 153 Å². The lowest BCUT2D eigenvalue weighted by atomic mass is 9.90. The highest BCUT2D eigenvalue weighted by Crippen LogP contribution is 2.45. The molecule has 7 atom stereocenters. The molecule has 5 N–H and O–H groups in total. The van der Waals surface area contributed by atoms with E-state index in [1.807, 2.05) is 13.8 Å². The Labute approximate surface area is 242 Å². The number of aliphatic hydroxyl groups excluding tert-OH is 3. The molecule has 0 saturated heterocycles. The number of anilines is 1. The molecule has 1 aromatic heterocycles. The van der Waals surface area contributed by atoms with Crippen LogP contribution in [0.25, 0.3) is 0 Å². The van der Waals surface area contributed by atoms with Gasteiger partial charge in [0.1, 0.15) is 17.9 Å². The predicted molar refractivity (Wildman–Crippen MR) is 151 cm³/mol. The van der Waals surface area contributed by atoms with Crippen LogP contribution in [-0.4, -0.2) is 85.4 Å². The van der Waals surface area contributed by atoms with Gasteiger partial charge in [0.25, 0.3) is 0 Å². The maximum atomic E-state index is 13.8. The van der Waals surface area contributed by atoms with Crippen LogP contribution in [0, 0.1) is 18.6 Å². The van der Waals surface area contributed by atoms with E-state index in [4.69, 9.17) is 9.84 Å². The zero-order chi connectivity index (χ0) is 29.7. The third kappa shape index (κ3) is 7.57. The molecule has 10 nitrogen and oxygen atoms in total. The Hall–Kier alpha value is -2.29. The Balaban J connectivity index is 1.53. The fraction of sp³-hybridized carbons (Fsp3) is 0.643. The second-order valence-corrected chi connectivity index (χ2v) is 11.8. The molecule has 2 saturated carbocycles. The highest BCUT2D eigenvalue weighted by Gasteiger charge is 2.53. The third-order valence-corrected chi connectivity index (χ3v) is 8.60. The lowest BCUT2D eigenvalue weighted by molar-refractivity contribution is -0.120. The van der Waals surface area contributed by atoms with E-state index in [9.17, 15) is 24.1 Å². The molecule has 7 unspecified atom stereocenters. The van der Waals surface area contributed by atoms with Crippen molar-refractivity contribution in [3.8, 4) is 0 Å². The van der Waals surface area contributed by atoms with Gasteiger partial charge in [0, 0.05) is 30.6 Å². The minimum atomic E-state index is -1.64. The summed E-state index contributed by atoms with van der Waals surface area (Å²) in [6, 6.07) is 3.40. The zero-order valence-corrected chi connectivity index (χ0v) is 24.3. The number of rotatable bonds is 14. The Morgan fingerprint density at radius 3 is 2.68 bits per heavy atom. The molecular formula is C28H39F2N5O5S. The Kier molecular flexibility index (Phi) is 10.6. The summed E-state index contributed by atoms with van der Waals surface area (Å²) in [6.07, 6.45) is -1.34. The molecular weight excluding hydrogens is 556 g/mol. The van der Waals surface area contributed by atoms with Crippen molar-refractivity contribution in [3.63, 3.8) is 0 Å². The Morgan fingerprint density at radius 2 is 2.00 bits per heavy atom. The number of aryl methyl sites for hydroxylation is 1. The number of hydrogen-bond donors (Lipinski definition) is 5. The molecule has 2 aromatic rings. The number of azo groups is 1. The summed E-state index contributed by atoms with van der Waals surface area (Å²) in [5.41, 5.74) is 0.104. The fourth-order valence-corrected chi connectivity index (χ4v) is 5.93. The van der Waals surface area contributed by atoms with Crippen LogP contribution < -0.4 is 5.32 Å². The van der Waals surface area contributed by atoms with Crippen molar-refractivity contribution in [1.29, 1.82) is 0 Å². The first-order chi connectivity index (χ1) is 19.6. The van der Waals surface area contributed by atoms with Crippen LogP contribution in [0.2, 0.25) is 0 Å². The van der Waals surface area contributed by atoms with Gasteiger partial charge >= 0.3 is 0 Å². The quantitative estimate of drug-likeness (QED) is 0.124. The number of halogens is 2. The average Bonchev–Trinajstić information content (AvgIpc) is 3.66. The molecule has 4 rings (SSSR count). The number of aromatic nitrogens is 2. The van der Waals surface area contributed by atoms with E-state index in [2.05, 4.69) is 32.4 Å². The number of aliphatic hydroxyl groups is 4. The van der Waals surface area contributed by atoms with Gasteiger partial charge in [-0.1, -0.05) is 31.7 Å². The molecule has 226 valence electrons. The third-order valence-electron chi connectivity index (χ3n) is 7.54. The molecule has 0 bridgehead atoms. The normalized spacial score (nSPS) is 28.4. The second-order valence-electron chi connectivity index (χ2n) is 10.8.